The molecule has 0 aliphatic heterocycles. The zero-order valence-electron chi connectivity index (χ0n) is 14.3. The Hall–Kier alpha value is -1.94. The molecule has 0 aliphatic rings. The monoisotopic (exact) mass is 375 g/mol. The van der Waals surface area contributed by atoms with E-state index in [1.807, 2.05) is 50.2 Å². The summed E-state index contributed by atoms with van der Waals surface area (Å²) in [4.78, 5) is 8.66. The lowest BCUT2D eigenvalue weighted by Gasteiger charge is -2.17. The van der Waals surface area contributed by atoms with Crippen molar-refractivity contribution in [2.75, 3.05) is 18.6 Å². The molecular formula is C18H19ClN3O2P. The molecule has 7 heteroatoms. The fraction of sp³-hybridized carbons (Fsp3) is 0.222. The highest BCUT2D eigenvalue weighted by molar-refractivity contribution is 7.66. The van der Waals surface area contributed by atoms with Crippen LogP contribution in [0.4, 0.5) is 11.5 Å². The summed E-state index contributed by atoms with van der Waals surface area (Å²) in [5.74, 6) is 0.630. The van der Waals surface area contributed by atoms with Crippen molar-refractivity contribution >= 4 is 46.7 Å². The number of aromatic nitrogens is 2. The molecule has 5 nitrogen and oxygen atoms in total. The number of rotatable bonds is 5. The van der Waals surface area contributed by atoms with Gasteiger partial charge < -0.3 is 9.84 Å². The van der Waals surface area contributed by atoms with E-state index in [9.17, 15) is 4.57 Å². The van der Waals surface area contributed by atoms with Gasteiger partial charge in [-0.2, -0.15) is 0 Å². The Labute approximate surface area is 151 Å². The van der Waals surface area contributed by atoms with E-state index in [1.54, 1.807) is 6.66 Å². The Morgan fingerprint density at radius 1 is 1.24 bits per heavy atom. The van der Waals surface area contributed by atoms with Crippen LogP contribution in [-0.4, -0.2) is 23.2 Å². The highest BCUT2D eigenvalue weighted by Crippen LogP contribution is 2.43. The van der Waals surface area contributed by atoms with E-state index in [1.165, 1.54) is 6.33 Å². The maximum atomic E-state index is 12.9. The molecule has 0 amide bonds. The van der Waals surface area contributed by atoms with Crippen molar-refractivity contribution in [3.8, 4) is 0 Å². The van der Waals surface area contributed by atoms with Gasteiger partial charge in [-0.3, -0.25) is 4.57 Å². The van der Waals surface area contributed by atoms with Crippen LogP contribution in [0.3, 0.4) is 0 Å². The molecule has 0 saturated carbocycles. The van der Waals surface area contributed by atoms with E-state index in [0.717, 1.165) is 22.2 Å². The summed E-state index contributed by atoms with van der Waals surface area (Å²) in [6.45, 7) is 5.78. The third-order valence-electron chi connectivity index (χ3n) is 3.85. The lowest BCUT2D eigenvalue weighted by molar-refractivity contribution is 0.344. The van der Waals surface area contributed by atoms with Crippen molar-refractivity contribution in [1.82, 2.24) is 9.97 Å². The van der Waals surface area contributed by atoms with Crippen molar-refractivity contribution in [1.29, 1.82) is 0 Å². The van der Waals surface area contributed by atoms with Crippen molar-refractivity contribution in [2.45, 2.75) is 13.8 Å². The molecule has 1 atom stereocenters. The van der Waals surface area contributed by atoms with Crippen LogP contribution in [0.5, 0.6) is 0 Å². The summed E-state index contributed by atoms with van der Waals surface area (Å²) in [5, 5.41) is 5.35. The standard InChI is InChI=1S/C18H19ClN3O2P/c1-4-24-25(3,23)17-10-15-16(8-12(17)2)20-11-21-18(15)22-14-7-5-6-13(19)9-14/h5-11H,4H2,1-3H3,(H,20,21,22). The first kappa shape index (κ1) is 17.9. The van der Waals surface area contributed by atoms with Crippen LogP contribution in [0.25, 0.3) is 10.9 Å². The smallest absolute Gasteiger partial charge is 0.229 e. The molecule has 2 aromatic carbocycles. The van der Waals surface area contributed by atoms with Crippen LogP contribution in [0.15, 0.2) is 42.7 Å². The second-order valence-corrected chi connectivity index (χ2v) is 8.65. The van der Waals surface area contributed by atoms with Gasteiger partial charge in [0.15, 0.2) is 0 Å². The van der Waals surface area contributed by atoms with E-state index in [0.29, 0.717) is 22.8 Å². The maximum absolute atomic E-state index is 12.9. The lowest BCUT2D eigenvalue weighted by Crippen LogP contribution is -2.11. The number of anilines is 2. The zero-order valence-corrected chi connectivity index (χ0v) is 15.9. The van der Waals surface area contributed by atoms with Crippen molar-refractivity contribution in [2.24, 2.45) is 0 Å². The molecule has 1 N–H and O–H groups in total. The molecule has 0 aliphatic carbocycles. The third kappa shape index (κ3) is 3.84. The van der Waals surface area contributed by atoms with Gasteiger partial charge in [-0.15, -0.1) is 0 Å². The van der Waals surface area contributed by atoms with Gasteiger partial charge in [0.25, 0.3) is 0 Å². The molecule has 0 radical (unpaired) electrons. The number of benzene rings is 2. The molecule has 1 unspecified atom stereocenters. The second-order valence-electron chi connectivity index (χ2n) is 5.78. The van der Waals surface area contributed by atoms with E-state index < -0.39 is 7.37 Å². The first-order chi connectivity index (χ1) is 11.9. The van der Waals surface area contributed by atoms with Gasteiger partial charge in [0.05, 0.1) is 12.1 Å². The summed E-state index contributed by atoms with van der Waals surface area (Å²) >= 11 is 6.04. The van der Waals surface area contributed by atoms with Gasteiger partial charge in [0.2, 0.25) is 7.37 Å². The topological polar surface area (TPSA) is 64.1 Å². The van der Waals surface area contributed by atoms with Gasteiger partial charge in [-0.1, -0.05) is 17.7 Å². The van der Waals surface area contributed by atoms with Crippen LogP contribution in [-0.2, 0) is 9.09 Å². The molecular weight excluding hydrogens is 357 g/mol. The molecule has 25 heavy (non-hydrogen) atoms. The summed E-state index contributed by atoms with van der Waals surface area (Å²) in [6.07, 6.45) is 1.50. The Kier molecular flexibility index (Phi) is 5.09. The van der Waals surface area contributed by atoms with Crippen LogP contribution < -0.4 is 10.6 Å². The normalized spacial score (nSPS) is 13.6. The van der Waals surface area contributed by atoms with Crippen molar-refractivity contribution in [3.05, 3.63) is 53.3 Å². The zero-order chi connectivity index (χ0) is 18.0. The highest BCUT2D eigenvalue weighted by Gasteiger charge is 2.22. The Morgan fingerprint density at radius 2 is 2.04 bits per heavy atom. The van der Waals surface area contributed by atoms with Crippen LogP contribution in [0.1, 0.15) is 12.5 Å². The van der Waals surface area contributed by atoms with Crippen LogP contribution >= 0.6 is 19.0 Å². The summed E-state index contributed by atoms with van der Waals surface area (Å²) in [7, 11) is -2.90. The number of halogens is 1. The number of aryl methyl sites for hydroxylation is 1. The number of hydrogen-bond donors (Lipinski definition) is 1. The average Bonchev–Trinajstić information content (AvgIpc) is 2.54. The van der Waals surface area contributed by atoms with Crippen molar-refractivity contribution in [3.63, 3.8) is 0 Å². The quantitative estimate of drug-likeness (QED) is 0.642. The Balaban J connectivity index is 2.12. The first-order valence-electron chi connectivity index (χ1n) is 7.91. The fourth-order valence-corrected chi connectivity index (χ4v) is 4.64. The predicted molar refractivity (Wildman–Crippen MR) is 104 cm³/mol. The third-order valence-corrected chi connectivity index (χ3v) is 6.20. The second kappa shape index (κ2) is 7.12. The maximum Gasteiger partial charge on any atom is 0.229 e. The van der Waals surface area contributed by atoms with Crippen LogP contribution in [0, 0.1) is 6.92 Å². The minimum Gasteiger partial charge on any atom is -0.340 e. The molecule has 1 aromatic heterocycles. The molecule has 0 bridgehead atoms. The van der Waals surface area contributed by atoms with Crippen molar-refractivity contribution < 1.29 is 9.09 Å². The van der Waals surface area contributed by atoms with Gasteiger partial charge in [-0.05, 0) is 49.7 Å². The molecule has 0 fully saturated rings. The van der Waals surface area contributed by atoms with Crippen LogP contribution in [0.2, 0.25) is 5.02 Å². The number of hydrogen-bond acceptors (Lipinski definition) is 5. The summed E-state index contributed by atoms with van der Waals surface area (Å²) < 4.78 is 18.4. The molecule has 0 saturated heterocycles. The minimum absolute atomic E-state index is 0.393. The lowest BCUT2D eigenvalue weighted by atomic mass is 10.1. The summed E-state index contributed by atoms with van der Waals surface area (Å²) in [6, 6.07) is 11.1. The largest absolute Gasteiger partial charge is 0.340 e. The Bertz CT molecular complexity index is 978. The first-order valence-corrected chi connectivity index (χ1v) is 10.4. The minimum atomic E-state index is -2.90. The Morgan fingerprint density at radius 3 is 2.76 bits per heavy atom. The van der Waals surface area contributed by atoms with E-state index >= 15 is 0 Å². The molecule has 1 heterocycles. The molecule has 130 valence electrons. The number of nitrogens with zero attached hydrogens (tertiary/aromatic N) is 2. The average molecular weight is 376 g/mol. The highest BCUT2D eigenvalue weighted by atomic mass is 35.5. The molecule has 3 aromatic rings. The van der Waals surface area contributed by atoms with Gasteiger partial charge >= 0.3 is 0 Å². The number of fused-ring (bicyclic) bond motifs is 1. The predicted octanol–water partition coefficient (Wildman–Crippen LogP) is 4.90. The molecule has 0 spiro atoms. The van der Waals surface area contributed by atoms with E-state index in [-0.39, 0.29) is 0 Å². The van der Waals surface area contributed by atoms with Gasteiger partial charge in [-0.25, -0.2) is 9.97 Å². The van der Waals surface area contributed by atoms with E-state index in [4.69, 9.17) is 16.1 Å². The van der Waals surface area contributed by atoms with Gasteiger partial charge in [0, 0.05) is 28.1 Å². The number of nitrogens with one attached hydrogen (secondary N) is 1. The van der Waals surface area contributed by atoms with E-state index in [2.05, 4.69) is 15.3 Å². The fourth-order valence-electron chi connectivity index (χ4n) is 2.75. The van der Waals surface area contributed by atoms with Gasteiger partial charge in [0.1, 0.15) is 12.1 Å². The SMILES string of the molecule is CCOP(C)(=O)c1cc2c(Nc3cccc(Cl)c3)ncnc2cc1C. The summed E-state index contributed by atoms with van der Waals surface area (Å²) in [5.41, 5.74) is 2.48. The molecule has 3 rings (SSSR count).